The third-order valence-corrected chi connectivity index (χ3v) is 6.17. The molecule has 0 saturated heterocycles. The summed E-state index contributed by atoms with van der Waals surface area (Å²) in [6.45, 7) is 1.76. The number of hydrogen-bond acceptors (Lipinski definition) is 6. The fourth-order valence-corrected chi connectivity index (χ4v) is 4.40. The van der Waals surface area contributed by atoms with Crippen molar-refractivity contribution in [2.75, 3.05) is 17.3 Å². The number of rotatable bonds is 8. The summed E-state index contributed by atoms with van der Waals surface area (Å²) in [5.41, 5.74) is 7.52. The van der Waals surface area contributed by atoms with Crippen LogP contribution < -0.4 is 11.1 Å². The number of nitrogens with two attached hydrogens (primary N) is 1. The molecule has 2 heterocycles. The van der Waals surface area contributed by atoms with Crippen LogP contribution in [-0.2, 0) is 0 Å². The molecule has 0 radical (unpaired) electrons. The fraction of sp³-hybridized carbons (Fsp3) is 0.238. The number of aromatic nitrogens is 3. The third-order valence-electron chi connectivity index (χ3n) is 4.63. The quantitative estimate of drug-likeness (QED) is 0.371. The number of anilines is 1. The highest BCUT2D eigenvalue weighted by Gasteiger charge is 2.24. The number of hydrogen-bond donors (Lipinski definition) is 2. The number of ketones is 1. The second-order valence-electron chi connectivity index (χ2n) is 6.92. The van der Waals surface area contributed by atoms with E-state index in [1.807, 2.05) is 6.26 Å². The minimum Gasteiger partial charge on any atom is -0.321 e. The van der Waals surface area contributed by atoms with E-state index in [2.05, 4.69) is 31.3 Å². The van der Waals surface area contributed by atoms with Crippen LogP contribution in [0.4, 0.5) is 5.69 Å². The van der Waals surface area contributed by atoms with Crippen LogP contribution in [-0.4, -0.2) is 44.5 Å². The molecule has 168 valence electrons. The Morgan fingerprint density at radius 2 is 2.06 bits per heavy atom. The van der Waals surface area contributed by atoms with Gasteiger partial charge in [0, 0.05) is 22.8 Å². The highest BCUT2D eigenvalue weighted by Crippen LogP contribution is 2.29. The Bertz CT molecular complexity index is 1170. The van der Waals surface area contributed by atoms with Crippen molar-refractivity contribution in [3.63, 3.8) is 0 Å². The van der Waals surface area contributed by atoms with E-state index in [1.54, 1.807) is 43.1 Å². The number of pyridine rings is 1. The van der Waals surface area contributed by atoms with Crippen molar-refractivity contribution in [3.05, 3.63) is 68.0 Å². The molecule has 0 spiro atoms. The minimum absolute atomic E-state index is 0.178. The summed E-state index contributed by atoms with van der Waals surface area (Å²) in [6.07, 6.45) is 4.01. The maximum absolute atomic E-state index is 13.2. The van der Waals surface area contributed by atoms with Crippen molar-refractivity contribution in [3.8, 4) is 5.82 Å². The number of Topliss-reactive ketones (excluding diaryl/α,β-unsaturated/α-hetero) is 1. The maximum Gasteiger partial charge on any atom is 0.274 e. The second-order valence-corrected chi connectivity index (χ2v) is 9.57. The monoisotopic (exact) mass is 555 g/mol. The van der Waals surface area contributed by atoms with E-state index in [0.717, 1.165) is 5.75 Å². The molecule has 2 aromatic heterocycles. The van der Waals surface area contributed by atoms with Gasteiger partial charge in [-0.05, 0) is 71.1 Å². The van der Waals surface area contributed by atoms with Crippen LogP contribution in [0.5, 0.6) is 0 Å². The number of benzene rings is 1. The number of carbonyl (C=O) groups excluding carboxylic acids is 2. The van der Waals surface area contributed by atoms with Crippen molar-refractivity contribution in [2.24, 2.45) is 5.73 Å². The van der Waals surface area contributed by atoms with Gasteiger partial charge in [-0.15, -0.1) is 0 Å². The summed E-state index contributed by atoms with van der Waals surface area (Å²) < 4.78 is 1.76. The van der Waals surface area contributed by atoms with Gasteiger partial charge in [0.05, 0.1) is 16.8 Å². The molecule has 1 aromatic carbocycles. The number of thioether (sulfide) groups is 1. The van der Waals surface area contributed by atoms with Gasteiger partial charge < -0.3 is 11.1 Å². The molecule has 11 heteroatoms. The van der Waals surface area contributed by atoms with Crippen LogP contribution in [0, 0.1) is 6.92 Å². The first-order chi connectivity index (χ1) is 15.2. The predicted molar refractivity (Wildman–Crippen MR) is 134 cm³/mol. The first kappa shape index (κ1) is 24.7. The Hall–Kier alpha value is -1.91. The number of halogens is 3. The first-order valence-electron chi connectivity index (χ1n) is 9.49. The number of carbonyl (C=O) groups is 2. The second kappa shape index (κ2) is 10.8. The van der Waals surface area contributed by atoms with Crippen molar-refractivity contribution in [1.29, 1.82) is 0 Å². The van der Waals surface area contributed by atoms with Gasteiger partial charge in [0.1, 0.15) is 10.3 Å². The smallest absolute Gasteiger partial charge is 0.274 e. The molecule has 1 unspecified atom stereocenters. The molecule has 1 atom stereocenters. The molecule has 0 aliphatic heterocycles. The van der Waals surface area contributed by atoms with E-state index >= 15 is 0 Å². The van der Waals surface area contributed by atoms with Gasteiger partial charge in [0.2, 0.25) is 0 Å². The van der Waals surface area contributed by atoms with E-state index in [-0.39, 0.29) is 17.0 Å². The topological polar surface area (TPSA) is 103 Å². The zero-order chi connectivity index (χ0) is 23.4. The molecule has 32 heavy (non-hydrogen) atoms. The van der Waals surface area contributed by atoms with Crippen LogP contribution in [0.2, 0.25) is 10.0 Å². The number of nitrogens with one attached hydrogen (secondary N) is 1. The Morgan fingerprint density at radius 3 is 2.75 bits per heavy atom. The van der Waals surface area contributed by atoms with Gasteiger partial charge >= 0.3 is 0 Å². The molecule has 3 N–H and O–H groups in total. The summed E-state index contributed by atoms with van der Waals surface area (Å²) in [5.74, 6) is 0.254. The average Bonchev–Trinajstić information content (AvgIpc) is 3.14. The summed E-state index contributed by atoms with van der Waals surface area (Å²) in [4.78, 5) is 30.5. The number of nitrogens with zero attached hydrogens (tertiary/aromatic N) is 3. The lowest BCUT2D eigenvalue weighted by Gasteiger charge is -2.17. The van der Waals surface area contributed by atoms with Crippen LogP contribution >= 0.6 is 50.9 Å². The molecule has 0 aliphatic rings. The van der Waals surface area contributed by atoms with Crippen molar-refractivity contribution in [1.82, 2.24) is 14.8 Å². The largest absolute Gasteiger partial charge is 0.321 e. The van der Waals surface area contributed by atoms with Crippen molar-refractivity contribution >= 4 is 68.3 Å². The highest BCUT2D eigenvalue weighted by atomic mass is 79.9. The molecule has 0 saturated carbocycles. The lowest BCUT2D eigenvalue weighted by Crippen LogP contribution is -2.32. The van der Waals surface area contributed by atoms with Crippen LogP contribution in [0.25, 0.3) is 5.82 Å². The lowest BCUT2D eigenvalue weighted by molar-refractivity contribution is 0.0960. The average molecular weight is 557 g/mol. The number of aryl methyl sites for hydroxylation is 1. The normalized spacial score (nSPS) is 11.9. The van der Waals surface area contributed by atoms with Gasteiger partial charge in [-0.2, -0.15) is 16.9 Å². The van der Waals surface area contributed by atoms with Crippen LogP contribution in [0.15, 0.2) is 41.1 Å². The number of amides is 1. The van der Waals surface area contributed by atoms with E-state index < -0.39 is 11.9 Å². The Morgan fingerprint density at radius 1 is 1.31 bits per heavy atom. The first-order valence-corrected chi connectivity index (χ1v) is 12.4. The molecule has 1 amide bonds. The summed E-state index contributed by atoms with van der Waals surface area (Å²) in [5, 5.41) is 7.81. The van der Waals surface area contributed by atoms with Gasteiger partial charge in [0.25, 0.3) is 5.91 Å². The molecular formula is C21H20BrCl2N5O2S. The molecule has 7 nitrogen and oxygen atoms in total. The zero-order valence-electron chi connectivity index (χ0n) is 17.2. The van der Waals surface area contributed by atoms with E-state index in [1.165, 1.54) is 16.8 Å². The lowest BCUT2D eigenvalue weighted by atomic mass is 9.98. The van der Waals surface area contributed by atoms with E-state index in [0.29, 0.717) is 38.1 Å². The van der Waals surface area contributed by atoms with Crippen LogP contribution in [0.3, 0.4) is 0 Å². The fourth-order valence-electron chi connectivity index (χ4n) is 3.07. The molecule has 0 fully saturated rings. The van der Waals surface area contributed by atoms with Crippen molar-refractivity contribution in [2.45, 2.75) is 19.4 Å². The molecule has 3 aromatic rings. The molecule has 0 aliphatic carbocycles. The summed E-state index contributed by atoms with van der Waals surface area (Å²) in [7, 11) is 0. The van der Waals surface area contributed by atoms with Crippen molar-refractivity contribution < 1.29 is 9.59 Å². The van der Waals surface area contributed by atoms with Gasteiger partial charge in [-0.3, -0.25) is 9.59 Å². The molecule has 3 rings (SSSR count). The SMILES string of the molecule is CSCCC(N)C(=O)c1cc(Cl)cc(C)c1NC(=O)c1cc(Br)nn1-c1ncccc1Cl. The standard InChI is InChI=1S/C21H20BrCl2N5O2S/c1-11-8-12(23)9-13(19(30)15(25)5-7-32-2)18(11)27-21(31)16-10-17(22)28-29(16)20-14(24)4-3-6-26-20/h3-4,6,8-10,15H,5,7,25H2,1-2H3,(H,27,31). The van der Waals surface area contributed by atoms with Gasteiger partial charge in [-0.1, -0.05) is 23.2 Å². The zero-order valence-corrected chi connectivity index (χ0v) is 21.1. The Labute approximate surface area is 208 Å². The summed E-state index contributed by atoms with van der Waals surface area (Å²) >= 11 is 17.3. The van der Waals surface area contributed by atoms with Gasteiger partial charge in [0.15, 0.2) is 11.6 Å². The van der Waals surface area contributed by atoms with E-state index in [4.69, 9.17) is 28.9 Å². The van der Waals surface area contributed by atoms with Gasteiger partial charge in [-0.25, -0.2) is 9.67 Å². The maximum atomic E-state index is 13.2. The Balaban J connectivity index is 1.99. The summed E-state index contributed by atoms with van der Waals surface area (Å²) in [6, 6.07) is 7.36. The Kier molecular flexibility index (Phi) is 8.35. The highest BCUT2D eigenvalue weighted by molar-refractivity contribution is 9.10. The van der Waals surface area contributed by atoms with E-state index in [9.17, 15) is 9.59 Å². The minimum atomic E-state index is -0.706. The van der Waals surface area contributed by atoms with Crippen LogP contribution in [0.1, 0.15) is 32.8 Å². The third kappa shape index (κ3) is 5.52. The molecular weight excluding hydrogens is 537 g/mol. The molecule has 0 bridgehead atoms. The predicted octanol–water partition coefficient (Wildman–Crippen LogP) is 5.16.